The molecule has 0 aliphatic carbocycles. The minimum atomic E-state index is -0.500. The van der Waals surface area contributed by atoms with Crippen LogP contribution in [0.4, 0.5) is 10.7 Å². The molecule has 3 aromatic carbocycles. The van der Waals surface area contributed by atoms with Crippen LogP contribution in [0.15, 0.2) is 89.5 Å². The topological polar surface area (TPSA) is 131 Å². The van der Waals surface area contributed by atoms with Crippen LogP contribution in [0.1, 0.15) is 44.4 Å². The molecule has 46 heavy (non-hydrogen) atoms. The Kier molecular flexibility index (Phi) is 10.3. The second-order valence-corrected chi connectivity index (χ2v) is 12.8. The summed E-state index contributed by atoms with van der Waals surface area (Å²) in [6.07, 6.45) is 2.21. The van der Waals surface area contributed by atoms with Gasteiger partial charge in [-0.1, -0.05) is 54.1 Å². The molecule has 1 aliphatic rings. The summed E-state index contributed by atoms with van der Waals surface area (Å²) in [4.78, 5) is 54.5. The van der Waals surface area contributed by atoms with Gasteiger partial charge in [0.1, 0.15) is 16.8 Å². The summed E-state index contributed by atoms with van der Waals surface area (Å²) in [7, 11) is 0. The highest BCUT2D eigenvalue weighted by molar-refractivity contribution is 8.00. The Bertz CT molecular complexity index is 1880. The molecular formula is C35H31N5O4S2. The average Bonchev–Trinajstić information content (AvgIpc) is 3.40. The number of thiophene rings is 1. The van der Waals surface area contributed by atoms with Crippen LogP contribution in [0.5, 0.6) is 0 Å². The smallest absolute Gasteiger partial charge is 0.272 e. The highest BCUT2D eigenvalue weighted by Crippen LogP contribution is 2.37. The quantitative estimate of drug-likeness (QED) is 0.151. The fraction of sp³-hybridized carbons (Fsp3) is 0.171. The Morgan fingerprint density at radius 1 is 1.00 bits per heavy atom. The highest BCUT2D eigenvalue weighted by Gasteiger charge is 2.26. The number of hydrogen-bond donors (Lipinski definition) is 3. The van der Waals surface area contributed by atoms with E-state index in [0.717, 1.165) is 26.5 Å². The van der Waals surface area contributed by atoms with E-state index in [4.69, 9.17) is 0 Å². The summed E-state index contributed by atoms with van der Waals surface area (Å²) in [6, 6.07) is 25.5. The maximum atomic E-state index is 13.4. The molecule has 0 bridgehead atoms. The highest BCUT2D eigenvalue weighted by atomic mass is 32.2. The van der Waals surface area contributed by atoms with Gasteiger partial charge < -0.3 is 20.9 Å². The van der Waals surface area contributed by atoms with E-state index in [2.05, 4.69) is 22.0 Å². The molecule has 4 amide bonds. The summed E-state index contributed by atoms with van der Waals surface area (Å²) in [5.74, 6) is -1.12. The SMILES string of the molecule is CC(=O)N1CCc2c(sc(NC(=O)CSc3cccc(NC(=O)/C(=C\c4cccc(C)c4)NC(=O)c4ccccc4)c3)c2C#N)C1. The molecule has 1 aliphatic heterocycles. The lowest BCUT2D eigenvalue weighted by molar-refractivity contribution is -0.129. The second kappa shape index (κ2) is 14.7. The van der Waals surface area contributed by atoms with Crippen LogP contribution >= 0.6 is 23.1 Å². The molecule has 0 atom stereocenters. The van der Waals surface area contributed by atoms with Crippen molar-refractivity contribution in [2.24, 2.45) is 0 Å². The van der Waals surface area contributed by atoms with Gasteiger partial charge in [-0.25, -0.2) is 0 Å². The number of rotatable bonds is 9. The van der Waals surface area contributed by atoms with Crippen LogP contribution in [-0.4, -0.2) is 40.8 Å². The predicted molar refractivity (Wildman–Crippen MR) is 181 cm³/mol. The number of thioether (sulfide) groups is 1. The molecule has 9 nitrogen and oxygen atoms in total. The number of anilines is 2. The van der Waals surface area contributed by atoms with Crippen LogP contribution in [-0.2, 0) is 27.3 Å². The van der Waals surface area contributed by atoms with Gasteiger partial charge in [0.2, 0.25) is 11.8 Å². The first-order valence-corrected chi connectivity index (χ1v) is 16.3. The van der Waals surface area contributed by atoms with Gasteiger partial charge in [0, 0.05) is 34.5 Å². The van der Waals surface area contributed by atoms with Gasteiger partial charge in [0.15, 0.2) is 0 Å². The first-order valence-electron chi connectivity index (χ1n) is 14.5. The van der Waals surface area contributed by atoms with Gasteiger partial charge in [0.05, 0.1) is 17.9 Å². The fourth-order valence-electron chi connectivity index (χ4n) is 4.92. The van der Waals surface area contributed by atoms with Crippen LogP contribution in [0.3, 0.4) is 0 Å². The Labute approximate surface area is 275 Å². The van der Waals surface area contributed by atoms with Crippen LogP contribution in [0, 0.1) is 18.3 Å². The van der Waals surface area contributed by atoms with Gasteiger partial charge >= 0.3 is 0 Å². The summed E-state index contributed by atoms with van der Waals surface area (Å²) in [5, 5.41) is 18.7. The number of aryl methyl sites for hydroxylation is 1. The van der Waals surface area contributed by atoms with E-state index in [1.165, 1.54) is 30.0 Å². The number of benzene rings is 3. The number of amides is 4. The molecule has 232 valence electrons. The van der Waals surface area contributed by atoms with Crippen molar-refractivity contribution in [3.05, 3.63) is 117 Å². The Balaban J connectivity index is 1.25. The van der Waals surface area contributed by atoms with Crippen molar-refractivity contribution in [3.63, 3.8) is 0 Å². The minimum absolute atomic E-state index is 0.0200. The van der Waals surface area contributed by atoms with Crippen molar-refractivity contribution < 1.29 is 19.2 Å². The summed E-state index contributed by atoms with van der Waals surface area (Å²) in [5.41, 5.74) is 4.12. The maximum absolute atomic E-state index is 13.4. The van der Waals surface area contributed by atoms with E-state index in [1.54, 1.807) is 53.4 Å². The van der Waals surface area contributed by atoms with E-state index in [-0.39, 0.29) is 23.3 Å². The molecule has 0 unspecified atom stereocenters. The number of carbonyl (C=O) groups is 4. The van der Waals surface area contributed by atoms with E-state index in [9.17, 15) is 24.4 Å². The maximum Gasteiger partial charge on any atom is 0.272 e. The number of nitrogens with zero attached hydrogens (tertiary/aromatic N) is 2. The standard InChI is InChI=1S/C35H31N5O4S2/c1-22-8-6-9-24(16-22)17-30(38-33(43)25-10-4-3-5-11-25)34(44)37-26-12-7-13-27(18-26)45-21-32(42)39-35-29(19-36)28-14-15-40(23(2)41)20-31(28)46-35/h3-13,16-18H,14-15,20-21H2,1-2H3,(H,37,44)(H,38,43)(H,39,42)/b30-17+. The van der Waals surface area contributed by atoms with Crippen molar-refractivity contribution in [1.29, 1.82) is 5.26 Å². The van der Waals surface area contributed by atoms with Gasteiger partial charge in [-0.2, -0.15) is 5.26 Å². The minimum Gasteiger partial charge on any atom is -0.337 e. The van der Waals surface area contributed by atoms with Crippen molar-refractivity contribution >= 4 is 63.5 Å². The third kappa shape index (κ3) is 8.10. The summed E-state index contributed by atoms with van der Waals surface area (Å²) >= 11 is 2.62. The summed E-state index contributed by atoms with van der Waals surface area (Å²) < 4.78 is 0. The lowest BCUT2D eigenvalue weighted by Crippen LogP contribution is -2.33. The molecule has 0 spiro atoms. The van der Waals surface area contributed by atoms with E-state index >= 15 is 0 Å². The van der Waals surface area contributed by atoms with E-state index < -0.39 is 11.8 Å². The molecule has 4 aromatic rings. The number of nitrogens with one attached hydrogen (secondary N) is 3. The third-order valence-electron chi connectivity index (χ3n) is 7.21. The molecule has 0 saturated carbocycles. The normalized spacial score (nSPS) is 12.5. The van der Waals surface area contributed by atoms with E-state index in [1.807, 2.05) is 43.3 Å². The third-order valence-corrected chi connectivity index (χ3v) is 9.34. The first-order chi connectivity index (χ1) is 22.2. The van der Waals surface area contributed by atoms with Crippen molar-refractivity contribution in [3.8, 4) is 6.07 Å². The van der Waals surface area contributed by atoms with Crippen LogP contribution < -0.4 is 16.0 Å². The lowest BCUT2D eigenvalue weighted by atomic mass is 10.0. The first kappa shape index (κ1) is 32.2. The Hall–Kier alpha value is -5.18. The van der Waals surface area contributed by atoms with Crippen molar-refractivity contribution in [2.75, 3.05) is 22.9 Å². The van der Waals surface area contributed by atoms with Crippen LogP contribution in [0.25, 0.3) is 6.08 Å². The molecule has 0 radical (unpaired) electrons. The molecule has 2 heterocycles. The molecule has 11 heteroatoms. The predicted octanol–water partition coefficient (Wildman–Crippen LogP) is 5.97. The summed E-state index contributed by atoms with van der Waals surface area (Å²) in [6.45, 7) is 4.45. The van der Waals surface area contributed by atoms with Gasteiger partial charge in [-0.05, 0) is 60.9 Å². The Morgan fingerprint density at radius 2 is 1.78 bits per heavy atom. The largest absolute Gasteiger partial charge is 0.337 e. The Morgan fingerprint density at radius 3 is 2.52 bits per heavy atom. The van der Waals surface area contributed by atoms with Gasteiger partial charge in [0.25, 0.3) is 11.8 Å². The van der Waals surface area contributed by atoms with Crippen molar-refractivity contribution in [1.82, 2.24) is 10.2 Å². The molecule has 0 saturated heterocycles. The molecule has 3 N–H and O–H groups in total. The lowest BCUT2D eigenvalue weighted by Gasteiger charge is -2.25. The molecule has 1 aromatic heterocycles. The number of carbonyl (C=O) groups excluding carboxylic acids is 4. The number of hydrogen-bond acceptors (Lipinski definition) is 7. The number of fused-ring (bicyclic) bond motifs is 1. The second-order valence-electron chi connectivity index (χ2n) is 10.6. The molecule has 0 fully saturated rings. The monoisotopic (exact) mass is 649 g/mol. The molecular weight excluding hydrogens is 619 g/mol. The van der Waals surface area contributed by atoms with E-state index in [0.29, 0.717) is 41.3 Å². The van der Waals surface area contributed by atoms with Crippen LogP contribution in [0.2, 0.25) is 0 Å². The molecule has 5 rings (SSSR count). The fourth-order valence-corrected chi connectivity index (χ4v) is 6.91. The number of nitriles is 1. The zero-order chi connectivity index (χ0) is 32.6. The zero-order valence-corrected chi connectivity index (χ0v) is 26.9. The van der Waals surface area contributed by atoms with Gasteiger partial charge in [-0.3, -0.25) is 19.2 Å². The van der Waals surface area contributed by atoms with Gasteiger partial charge in [-0.15, -0.1) is 23.1 Å². The average molecular weight is 650 g/mol. The zero-order valence-electron chi connectivity index (χ0n) is 25.3. The van der Waals surface area contributed by atoms with Crippen molar-refractivity contribution in [2.45, 2.75) is 31.7 Å².